The van der Waals surface area contributed by atoms with Crippen LogP contribution >= 0.6 is 11.6 Å². The van der Waals surface area contributed by atoms with Crippen molar-refractivity contribution in [2.45, 2.75) is 83.6 Å². The van der Waals surface area contributed by atoms with Crippen LogP contribution in [0, 0.1) is 23.2 Å². The molecule has 1 unspecified atom stereocenters. The molecule has 0 radical (unpaired) electrons. The van der Waals surface area contributed by atoms with Gasteiger partial charge in [-0.2, -0.15) is 0 Å². The first-order valence-corrected chi connectivity index (χ1v) is 16.0. The number of unbranched alkanes of at least 4 members (excludes halogenated alkanes) is 1. The molecule has 45 heavy (non-hydrogen) atoms. The fourth-order valence-electron chi connectivity index (χ4n) is 6.27. The van der Waals surface area contributed by atoms with Crippen molar-refractivity contribution >= 4 is 40.6 Å². The minimum Gasteiger partial charge on any atom is -0.497 e. The molecule has 11 nitrogen and oxygen atoms in total. The molecule has 12 heteroatoms. The standard InChI is InChI=1S/C33H43ClN4O7/c1-7-8-9-10-19-15-23(19)45-32(41)37-27(33(2,3)4)30(39)38-17-24(25(18-11-12-18)26(38)31(40)43-6)44-29-28(34)35-21-14-13-20(42-5)16-22(21)36-29/h7,13-14,16,18-19,23-27H,1,8-12,15,17H2,2-6H3,(H,37,41)/t19?,23-,24+,25-,26+,27-/m1/s1. The molecule has 1 aromatic heterocycles. The Bertz CT molecular complexity index is 1440. The third-order valence-electron chi connectivity index (χ3n) is 8.94. The average molecular weight is 643 g/mol. The quantitative estimate of drug-likeness (QED) is 0.185. The van der Waals surface area contributed by atoms with E-state index in [0.717, 1.165) is 38.5 Å². The maximum atomic E-state index is 14.3. The maximum absolute atomic E-state index is 14.3. The molecule has 1 aromatic carbocycles. The Hall–Kier alpha value is -3.60. The lowest BCUT2D eigenvalue weighted by molar-refractivity contribution is -0.154. The highest BCUT2D eigenvalue weighted by molar-refractivity contribution is 6.31. The number of hydrogen-bond donors (Lipinski definition) is 1. The highest BCUT2D eigenvalue weighted by Crippen LogP contribution is 2.47. The first-order valence-electron chi connectivity index (χ1n) is 15.6. The molecule has 6 atom stereocenters. The molecular weight excluding hydrogens is 600 g/mol. The van der Waals surface area contributed by atoms with E-state index in [4.69, 9.17) is 30.5 Å². The van der Waals surface area contributed by atoms with Crippen LogP contribution in [-0.2, 0) is 19.1 Å². The number of methoxy groups -OCH3 is 2. The Morgan fingerprint density at radius 2 is 1.91 bits per heavy atom. The Morgan fingerprint density at radius 1 is 1.16 bits per heavy atom. The van der Waals surface area contributed by atoms with E-state index in [-0.39, 0.29) is 35.5 Å². The monoisotopic (exact) mass is 642 g/mol. The van der Waals surface area contributed by atoms with E-state index in [1.54, 1.807) is 25.3 Å². The van der Waals surface area contributed by atoms with E-state index < -0.39 is 41.6 Å². The zero-order valence-electron chi connectivity index (χ0n) is 26.6. The van der Waals surface area contributed by atoms with Crippen molar-refractivity contribution in [2.24, 2.45) is 23.2 Å². The first kappa shape index (κ1) is 32.8. The Labute approximate surface area is 269 Å². The van der Waals surface area contributed by atoms with Crippen LogP contribution < -0.4 is 14.8 Å². The number of allylic oxidation sites excluding steroid dienone is 1. The average Bonchev–Trinajstić information content (AvgIpc) is 3.93. The van der Waals surface area contributed by atoms with Crippen LogP contribution in [0.5, 0.6) is 11.6 Å². The molecule has 1 saturated heterocycles. The fraction of sp³-hybridized carbons (Fsp3) is 0.606. The molecule has 3 fully saturated rings. The van der Waals surface area contributed by atoms with E-state index in [2.05, 4.69) is 21.9 Å². The maximum Gasteiger partial charge on any atom is 0.408 e. The van der Waals surface area contributed by atoms with Crippen LogP contribution in [0.15, 0.2) is 30.9 Å². The van der Waals surface area contributed by atoms with Gasteiger partial charge in [0, 0.05) is 12.0 Å². The third-order valence-corrected chi connectivity index (χ3v) is 9.18. The molecule has 5 rings (SSSR count). The summed E-state index contributed by atoms with van der Waals surface area (Å²) in [6.45, 7) is 9.41. The Morgan fingerprint density at radius 3 is 2.56 bits per heavy atom. The number of hydrogen-bond acceptors (Lipinski definition) is 9. The van der Waals surface area contributed by atoms with Gasteiger partial charge in [0.15, 0.2) is 5.15 Å². The lowest BCUT2D eigenvalue weighted by atomic mass is 9.85. The number of aromatic nitrogens is 2. The van der Waals surface area contributed by atoms with E-state index in [9.17, 15) is 14.4 Å². The summed E-state index contributed by atoms with van der Waals surface area (Å²) in [5.41, 5.74) is 0.410. The van der Waals surface area contributed by atoms with Crippen LogP contribution in [0.4, 0.5) is 4.79 Å². The number of likely N-dealkylation sites (tertiary alicyclic amines) is 1. The number of nitrogens with zero attached hydrogens (tertiary/aromatic N) is 3. The molecule has 1 aliphatic heterocycles. The lowest BCUT2D eigenvalue weighted by Crippen LogP contribution is -2.57. The summed E-state index contributed by atoms with van der Waals surface area (Å²) in [5.74, 6) is -0.142. The summed E-state index contributed by atoms with van der Waals surface area (Å²) in [4.78, 5) is 51.2. The van der Waals surface area contributed by atoms with Crippen LogP contribution in [-0.4, -0.2) is 77.9 Å². The highest BCUT2D eigenvalue weighted by atomic mass is 35.5. The summed E-state index contributed by atoms with van der Waals surface area (Å²) in [6, 6.07) is 3.37. The van der Waals surface area contributed by atoms with Gasteiger partial charge in [0.25, 0.3) is 5.88 Å². The van der Waals surface area contributed by atoms with Crippen molar-refractivity contribution in [1.29, 1.82) is 0 Å². The second-order valence-corrected chi connectivity index (χ2v) is 13.7. The number of halogens is 1. The van der Waals surface area contributed by atoms with Gasteiger partial charge in [0.1, 0.15) is 30.0 Å². The molecule has 2 aliphatic carbocycles. The summed E-state index contributed by atoms with van der Waals surface area (Å²) < 4.78 is 22.6. The SMILES string of the molecule is C=CCCCC1C[C@H]1OC(=O)N[C@H](C(=O)N1C[C@H](Oc2nc3cc(OC)ccc3nc2Cl)[C@@H](C2CC2)[C@H]1C(=O)OC)C(C)(C)C. The Balaban J connectivity index is 1.37. The number of carbonyl (C=O) groups is 3. The molecule has 1 N–H and O–H groups in total. The molecule has 2 heterocycles. The van der Waals surface area contributed by atoms with Crippen molar-refractivity contribution in [1.82, 2.24) is 20.2 Å². The topological polar surface area (TPSA) is 129 Å². The minimum atomic E-state index is -0.967. The van der Waals surface area contributed by atoms with Gasteiger partial charge >= 0.3 is 12.1 Å². The molecule has 2 aromatic rings. The van der Waals surface area contributed by atoms with Gasteiger partial charge in [-0.25, -0.2) is 19.6 Å². The van der Waals surface area contributed by atoms with Crippen LogP contribution in [0.25, 0.3) is 11.0 Å². The summed E-state index contributed by atoms with van der Waals surface area (Å²) in [7, 11) is 2.87. The van der Waals surface area contributed by atoms with Crippen molar-refractivity contribution in [2.75, 3.05) is 20.8 Å². The molecule has 2 saturated carbocycles. The number of nitrogens with one attached hydrogen (secondary N) is 1. The van der Waals surface area contributed by atoms with Gasteiger partial charge in [0.05, 0.1) is 31.8 Å². The van der Waals surface area contributed by atoms with E-state index in [0.29, 0.717) is 22.7 Å². The largest absolute Gasteiger partial charge is 0.497 e. The third kappa shape index (κ3) is 7.45. The zero-order chi connectivity index (χ0) is 32.5. The van der Waals surface area contributed by atoms with Crippen molar-refractivity contribution < 1.29 is 33.3 Å². The number of alkyl carbamates (subject to hydrolysis) is 1. The van der Waals surface area contributed by atoms with E-state index in [1.807, 2.05) is 26.8 Å². The molecule has 3 aliphatic rings. The zero-order valence-corrected chi connectivity index (χ0v) is 27.3. The second kappa shape index (κ2) is 13.4. The molecule has 2 amide bonds. The number of fused-ring (bicyclic) bond motifs is 1. The second-order valence-electron chi connectivity index (χ2n) is 13.3. The van der Waals surface area contributed by atoms with Crippen molar-refractivity contribution in [3.05, 3.63) is 36.0 Å². The van der Waals surface area contributed by atoms with Gasteiger partial charge in [-0.1, -0.05) is 38.4 Å². The molecular formula is C33H43ClN4O7. The first-order chi connectivity index (χ1) is 21.4. The Kier molecular flexibility index (Phi) is 9.77. The number of rotatable bonds is 12. The van der Waals surface area contributed by atoms with Crippen molar-refractivity contribution in [3.8, 4) is 11.6 Å². The number of carbonyl (C=O) groups excluding carboxylic acids is 3. The number of amides is 2. The molecule has 0 spiro atoms. The summed E-state index contributed by atoms with van der Waals surface area (Å²) >= 11 is 6.52. The van der Waals surface area contributed by atoms with Crippen LogP contribution in [0.2, 0.25) is 5.15 Å². The van der Waals surface area contributed by atoms with Gasteiger partial charge in [-0.05, 0) is 67.9 Å². The van der Waals surface area contributed by atoms with E-state index in [1.165, 1.54) is 12.0 Å². The number of esters is 1. The minimum absolute atomic E-state index is 0.0708. The smallest absolute Gasteiger partial charge is 0.408 e. The normalized spacial score (nSPS) is 24.9. The van der Waals surface area contributed by atoms with Gasteiger partial charge in [-0.15, -0.1) is 6.58 Å². The number of benzene rings is 1. The van der Waals surface area contributed by atoms with Crippen LogP contribution in [0.1, 0.15) is 59.3 Å². The fourth-order valence-corrected chi connectivity index (χ4v) is 6.45. The molecule has 244 valence electrons. The predicted molar refractivity (Wildman–Crippen MR) is 168 cm³/mol. The van der Waals surface area contributed by atoms with Crippen molar-refractivity contribution in [3.63, 3.8) is 0 Å². The van der Waals surface area contributed by atoms with Gasteiger partial charge in [-0.3, -0.25) is 4.79 Å². The molecule has 0 bridgehead atoms. The van der Waals surface area contributed by atoms with E-state index >= 15 is 0 Å². The number of ether oxygens (including phenoxy) is 4. The predicted octanol–water partition coefficient (Wildman–Crippen LogP) is 5.33. The summed E-state index contributed by atoms with van der Waals surface area (Å²) in [6.07, 6.45) is 5.93. The van der Waals surface area contributed by atoms with Gasteiger partial charge in [0.2, 0.25) is 5.91 Å². The highest BCUT2D eigenvalue weighted by Gasteiger charge is 2.57. The van der Waals surface area contributed by atoms with Gasteiger partial charge < -0.3 is 29.2 Å². The lowest BCUT2D eigenvalue weighted by Gasteiger charge is -2.35. The van der Waals surface area contributed by atoms with Crippen LogP contribution in [0.3, 0.4) is 0 Å². The summed E-state index contributed by atoms with van der Waals surface area (Å²) in [5, 5.41) is 2.89.